The minimum atomic E-state index is -4.65. The number of hydrogen-bond acceptors (Lipinski definition) is 9. The monoisotopic (exact) mass is 675 g/mol. The molecule has 0 aliphatic carbocycles. The molecule has 7 rings (SSSR count). The molecule has 11 nitrogen and oxygen atoms in total. The van der Waals surface area contributed by atoms with Crippen molar-refractivity contribution in [1.82, 2.24) is 39.6 Å². The van der Waals surface area contributed by atoms with Gasteiger partial charge in [0, 0.05) is 61.2 Å². The molecule has 1 atom stereocenters. The van der Waals surface area contributed by atoms with Crippen molar-refractivity contribution in [1.29, 1.82) is 0 Å². The van der Waals surface area contributed by atoms with E-state index >= 15 is 0 Å². The molecule has 0 unspecified atom stereocenters. The van der Waals surface area contributed by atoms with E-state index in [-0.39, 0.29) is 35.3 Å². The fraction of sp³-hybridized carbons (Fsp3) is 0.367. The molecule has 0 saturated carbocycles. The maximum atomic E-state index is 14.9. The van der Waals surface area contributed by atoms with Crippen molar-refractivity contribution in [2.24, 2.45) is 0 Å². The predicted octanol–water partition coefficient (Wildman–Crippen LogP) is 5.25. The van der Waals surface area contributed by atoms with Crippen molar-refractivity contribution in [3.63, 3.8) is 0 Å². The molecule has 17 heteroatoms. The summed E-state index contributed by atoms with van der Waals surface area (Å²) in [7, 11) is 0. The minimum Gasteiger partial charge on any atom is -0.473 e. The van der Waals surface area contributed by atoms with Gasteiger partial charge in [0.1, 0.15) is 23.8 Å². The summed E-state index contributed by atoms with van der Waals surface area (Å²) < 4.78 is 81.5. The number of imidazole rings is 1. The van der Waals surface area contributed by atoms with Crippen molar-refractivity contribution < 1.29 is 31.4 Å². The molecule has 5 aromatic rings. The molecule has 47 heavy (non-hydrogen) atoms. The van der Waals surface area contributed by atoms with E-state index in [1.165, 1.54) is 30.5 Å². The number of alkyl halides is 3. The van der Waals surface area contributed by atoms with Crippen LogP contribution in [0.15, 0.2) is 42.6 Å². The summed E-state index contributed by atoms with van der Waals surface area (Å²) in [6.45, 7) is 3.66. The zero-order valence-corrected chi connectivity index (χ0v) is 25.4. The molecule has 0 bridgehead atoms. The molecule has 246 valence electrons. The SMILES string of the molecule is Fc1cc(Cl)ccc1COc1ccc(F)c(N2CCN(Cc3nc4cc(-c5nnc(C(F)(F)F)[nH]5)cnc4n3C[C@@H]3CCO3)CC2)n1. The van der Waals surface area contributed by atoms with Gasteiger partial charge in [0.2, 0.25) is 11.7 Å². The molecule has 0 radical (unpaired) electrons. The third kappa shape index (κ3) is 6.71. The third-order valence-corrected chi connectivity index (χ3v) is 8.34. The summed E-state index contributed by atoms with van der Waals surface area (Å²) in [5, 5.41) is 7.11. The van der Waals surface area contributed by atoms with Gasteiger partial charge in [-0.05, 0) is 30.7 Å². The number of pyridine rings is 2. The van der Waals surface area contributed by atoms with Crippen LogP contribution in [0.1, 0.15) is 23.6 Å². The van der Waals surface area contributed by atoms with Gasteiger partial charge in [-0.25, -0.2) is 18.7 Å². The number of rotatable bonds is 9. The van der Waals surface area contributed by atoms with Crippen molar-refractivity contribution in [3.05, 3.63) is 76.5 Å². The van der Waals surface area contributed by atoms with E-state index in [4.69, 9.17) is 26.1 Å². The number of aromatic amines is 1. The fourth-order valence-electron chi connectivity index (χ4n) is 5.48. The van der Waals surface area contributed by atoms with E-state index in [9.17, 15) is 22.0 Å². The zero-order chi connectivity index (χ0) is 32.7. The molecular weight excluding hydrogens is 649 g/mol. The Hall–Kier alpha value is -4.41. The van der Waals surface area contributed by atoms with Gasteiger partial charge in [0.25, 0.3) is 0 Å². The second kappa shape index (κ2) is 12.7. The number of halogens is 6. The van der Waals surface area contributed by atoms with Gasteiger partial charge in [-0.3, -0.25) is 4.90 Å². The fourth-order valence-corrected chi connectivity index (χ4v) is 5.63. The van der Waals surface area contributed by atoms with Gasteiger partial charge >= 0.3 is 6.18 Å². The van der Waals surface area contributed by atoms with Crippen LogP contribution in [0, 0.1) is 11.6 Å². The van der Waals surface area contributed by atoms with Gasteiger partial charge in [-0.15, -0.1) is 10.2 Å². The highest BCUT2D eigenvalue weighted by molar-refractivity contribution is 6.30. The normalized spacial score (nSPS) is 17.3. The summed E-state index contributed by atoms with van der Waals surface area (Å²) >= 11 is 5.82. The lowest BCUT2D eigenvalue weighted by molar-refractivity contribution is -0.144. The summed E-state index contributed by atoms with van der Waals surface area (Å²) in [6.07, 6.45) is -2.31. The number of ether oxygens (including phenoxy) is 2. The van der Waals surface area contributed by atoms with E-state index in [1.54, 1.807) is 12.1 Å². The Morgan fingerprint density at radius 1 is 1.00 bits per heavy atom. The summed E-state index contributed by atoms with van der Waals surface area (Å²) in [5.41, 5.74) is 1.70. The number of H-pyrrole nitrogens is 1. The first-order valence-corrected chi connectivity index (χ1v) is 15.2. The Morgan fingerprint density at radius 2 is 1.81 bits per heavy atom. The Labute approximate surface area is 269 Å². The minimum absolute atomic E-state index is 0.00724. The number of fused-ring (bicyclic) bond motifs is 1. The quantitative estimate of drug-likeness (QED) is 0.210. The van der Waals surface area contributed by atoms with Crippen LogP contribution in [0.3, 0.4) is 0 Å². The standard InChI is InChI=1S/C30H27ClF5N9O2/c31-19-2-1-17(22(33)12-19)16-47-25-4-3-21(32)27(39-25)44-8-6-43(7-9-44)15-24-38-23-11-18(26-40-29(42-41-26)30(34,35)36)13-37-28(23)45(24)14-20-5-10-46-20/h1-4,11-13,20H,5-10,14-16H2,(H,40,41,42)/t20-/m0/s1. The molecule has 0 spiro atoms. The van der Waals surface area contributed by atoms with Gasteiger partial charge < -0.3 is 23.9 Å². The number of anilines is 1. The Balaban J connectivity index is 1.05. The van der Waals surface area contributed by atoms with Crippen molar-refractivity contribution in [2.45, 2.75) is 38.4 Å². The maximum Gasteiger partial charge on any atom is 0.451 e. The van der Waals surface area contributed by atoms with Crippen molar-refractivity contribution >= 4 is 28.6 Å². The Kier molecular flexibility index (Phi) is 8.40. The van der Waals surface area contributed by atoms with Gasteiger partial charge in [0.05, 0.1) is 19.2 Å². The van der Waals surface area contributed by atoms with Gasteiger partial charge in [-0.2, -0.15) is 18.2 Å². The Morgan fingerprint density at radius 3 is 2.51 bits per heavy atom. The molecule has 1 N–H and O–H groups in total. The molecule has 6 heterocycles. The summed E-state index contributed by atoms with van der Waals surface area (Å²) in [4.78, 5) is 19.9. The number of piperazine rings is 1. The zero-order valence-electron chi connectivity index (χ0n) is 24.6. The predicted molar refractivity (Wildman–Crippen MR) is 160 cm³/mol. The smallest absolute Gasteiger partial charge is 0.451 e. The van der Waals surface area contributed by atoms with Gasteiger partial charge in [0.15, 0.2) is 23.1 Å². The van der Waals surface area contributed by atoms with Crippen molar-refractivity contribution in [2.75, 3.05) is 37.7 Å². The average molecular weight is 676 g/mol. The first-order valence-electron chi connectivity index (χ1n) is 14.8. The topological polar surface area (TPSA) is 110 Å². The van der Waals surface area contributed by atoms with Crippen LogP contribution in [0.4, 0.5) is 27.8 Å². The van der Waals surface area contributed by atoms with E-state index in [1.807, 2.05) is 9.47 Å². The first-order chi connectivity index (χ1) is 22.6. The second-order valence-electron chi connectivity index (χ2n) is 11.2. The van der Waals surface area contributed by atoms with Crippen LogP contribution in [-0.4, -0.2) is 78.5 Å². The number of nitrogens with zero attached hydrogens (tertiary/aromatic N) is 8. The highest BCUT2D eigenvalue weighted by Gasteiger charge is 2.35. The molecule has 2 fully saturated rings. The van der Waals surface area contributed by atoms with E-state index in [2.05, 4.69) is 30.0 Å². The van der Waals surface area contributed by atoms with Crippen LogP contribution in [0.25, 0.3) is 22.6 Å². The van der Waals surface area contributed by atoms with Crippen molar-refractivity contribution in [3.8, 4) is 17.3 Å². The number of aromatic nitrogens is 7. The van der Waals surface area contributed by atoms with E-state index in [0.29, 0.717) is 68.2 Å². The lowest BCUT2D eigenvalue weighted by atomic mass is 10.2. The van der Waals surface area contributed by atoms with Crippen LogP contribution in [0.5, 0.6) is 5.88 Å². The highest BCUT2D eigenvalue weighted by Crippen LogP contribution is 2.29. The largest absolute Gasteiger partial charge is 0.473 e. The molecule has 2 aliphatic rings. The van der Waals surface area contributed by atoms with Crippen LogP contribution >= 0.6 is 11.6 Å². The Bertz CT molecular complexity index is 1900. The number of benzene rings is 1. The second-order valence-corrected chi connectivity index (χ2v) is 11.7. The summed E-state index contributed by atoms with van der Waals surface area (Å²) in [5.74, 6) is -1.23. The first kappa shape index (κ1) is 31.2. The number of nitrogens with one attached hydrogen (secondary N) is 1. The number of hydrogen-bond donors (Lipinski definition) is 1. The molecule has 1 aromatic carbocycles. The van der Waals surface area contributed by atoms with Crippen LogP contribution < -0.4 is 9.64 Å². The lowest BCUT2D eigenvalue weighted by Gasteiger charge is -2.35. The van der Waals surface area contributed by atoms with E-state index in [0.717, 1.165) is 12.2 Å². The van der Waals surface area contributed by atoms with E-state index < -0.39 is 23.6 Å². The maximum absolute atomic E-state index is 14.9. The molecule has 4 aromatic heterocycles. The molecule has 2 aliphatic heterocycles. The van der Waals surface area contributed by atoms with Crippen LogP contribution in [0.2, 0.25) is 5.02 Å². The van der Waals surface area contributed by atoms with Crippen LogP contribution in [-0.2, 0) is 30.6 Å². The molecule has 2 saturated heterocycles. The lowest BCUT2D eigenvalue weighted by Crippen LogP contribution is -2.47. The summed E-state index contributed by atoms with van der Waals surface area (Å²) in [6, 6.07) is 8.58. The highest BCUT2D eigenvalue weighted by atomic mass is 35.5. The molecular formula is C30H27ClF5N9O2. The van der Waals surface area contributed by atoms with Gasteiger partial charge in [-0.1, -0.05) is 17.7 Å². The molecule has 0 amide bonds. The average Bonchev–Trinajstić information content (AvgIpc) is 3.65. The third-order valence-electron chi connectivity index (χ3n) is 8.10.